The average Bonchev–Trinajstić information content (AvgIpc) is 3.22. The molecule has 2 aliphatic rings. The van der Waals surface area contributed by atoms with Crippen LogP contribution < -0.4 is 9.47 Å². The lowest BCUT2D eigenvalue weighted by Crippen LogP contribution is -2.40. The van der Waals surface area contributed by atoms with E-state index in [0.717, 1.165) is 16.9 Å². The van der Waals surface area contributed by atoms with Crippen LogP contribution in [0.3, 0.4) is 0 Å². The Kier molecular flexibility index (Phi) is 3.88. The Morgan fingerprint density at radius 3 is 2.60 bits per heavy atom. The standard InChI is InChI=1S/C18H18N2O4S/c1-22-15-7-11-6-14-17(21)20(10-13-4-3-5-24-13)18(25)19(14)9-12(11)8-16(15)23-2/h3-5,7-8,14H,6,9-10H2,1-2H3/t14-/m1/s1. The van der Waals surface area contributed by atoms with Crippen molar-refractivity contribution in [2.75, 3.05) is 14.2 Å². The predicted molar refractivity (Wildman–Crippen MR) is 94.4 cm³/mol. The van der Waals surface area contributed by atoms with Gasteiger partial charge in [0.05, 0.1) is 27.0 Å². The number of hydrogen-bond acceptors (Lipinski definition) is 5. The molecule has 0 spiro atoms. The van der Waals surface area contributed by atoms with Crippen LogP contribution in [0.2, 0.25) is 0 Å². The summed E-state index contributed by atoms with van der Waals surface area (Å²) in [7, 11) is 3.23. The number of benzene rings is 1. The third kappa shape index (κ3) is 2.55. The number of carbonyl (C=O) groups excluding carboxylic acids is 1. The molecular weight excluding hydrogens is 340 g/mol. The lowest BCUT2D eigenvalue weighted by Gasteiger charge is -2.31. The molecule has 1 atom stereocenters. The summed E-state index contributed by atoms with van der Waals surface area (Å²) in [5, 5.41) is 0.548. The minimum atomic E-state index is -0.270. The van der Waals surface area contributed by atoms with Crippen molar-refractivity contribution in [2.45, 2.75) is 25.6 Å². The topological polar surface area (TPSA) is 55.2 Å². The molecular formula is C18H18N2O4S. The largest absolute Gasteiger partial charge is 0.493 e. The van der Waals surface area contributed by atoms with Gasteiger partial charge in [0.2, 0.25) is 0 Å². The fraction of sp³-hybridized carbons (Fsp3) is 0.333. The monoisotopic (exact) mass is 358 g/mol. The Labute approximate surface area is 150 Å². The van der Waals surface area contributed by atoms with E-state index in [1.807, 2.05) is 23.1 Å². The van der Waals surface area contributed by atoms with Gasteiger partial charge in [0.15, 0.2) is 16.6 Å². The molecule has 0 N–H and O–H groups in total. The summed E-state index contributed by atoms with van der Waals surface area (Å²) < 4.78 is 16.1. The van der Waals surface area contributed by atoms with Crippen molar-refractivity contribution in [2.24, 2.45) is 0 Å². The lowest BCUT2D eigenvalue weighted by molar-refractivity contribution is -0.128. The minimum Gasteiger partial charge on any atom is -0.493 e. The van der Waals surface area contributed by atoms with Crippen LogP contribution in [0.15, 0.2) is 34.9 Å². The molecule has 2 aromatic rings. The van der Waals surface area contributed by atoms with Crippen LogP contribution in [-0.2, 0) is 24.3 Å². The van der Waals surface area contributed by atoms with Gasteiger partial charge in [-0.1, -0.05) is 0 Å². The van der Waals surface area contributed by atoms with Gasteiger partial charge in [0.25, 0.3) is 5.91 Å². The van der Waals surface area contributed by atoms with E-state index in [-0.39, 0.29) is 11.9 Å². The van der Waals surface area contributed by atoms with Crippen molar-refractivity contribution < 1.29 is 18.7 Å². The van der Waals surface area contributed by atoms with Gasteiger partial charge in [-0.3, -0.25) is 9.69 Å². The van der Waals surface area contributed by atoms with E-state index in [1.54, 1.807) is 31.4 Å². The number of ether oxygens (including phenoxy) is 2. The summed E-state index contributed by atoms with van der Waals surface area (Å²) in [5.41, 5.74) is 2.19. The summed E-state index contributed by atoms with van der Waals surface area (Å²) in [6, 6.07) is 7.30. The first-order valence-corrected chi connectivity index (χ1v) is 8.41. The summed E-state index contributed by atoms with van der Waals surface area (Å²) in [5.74, 6) is 2.09. The van der Waals surface area contributed by atoms with Gasteiger partial charge in [0, 0.05) is 13.0 Å². The average molecular weight is 358 g/mol. The Bertz CT molecular complexity index is 783. The number of methoxy groups -OCH3 is 2. The normalized spacial score (nSPS) is 19.0. The van der Waals surface area contributed by atoms with Crippen molar-refractivity contribution >= 4 is 23.2 Å². The highest BCUT2D eigenvalue weighted by atomic mass is 32.1. The summed E-state index contributed by atoms with van der Waals surface area (Å²) in [6.07, 6.45) is 2.20. The second-order valence-electron chi connectivity index (χ2n) is 6.11. The van der Waals surface area contributed by atoms with E-state index in [4.69, 9.17) is 26.1 Å². The Morgan fingerprint density at radius 1 is 1.24 bits per heavy atom. The van der Waals surface area contributed by atoms with Crippen molar-refractivity contribution in [3.8, 4) is 11.5 Å². The molecule has 0 unspecified atom stereocenters. The van der Waals surface area contributed by atoms with Crippen LogP contribution in [0, 0.1) is 0 Å². The zero-order valence-corrected chi connectivity index (χ0v) is 14.8. The molecule has 0 radical (unpaired) electrons. The SMILES string of the molecule is COc1cc2c(cc1OC)CN1C(=S)N(Cc3ccco3)C(=O)[C@H]1C2. The quantitative estimate of drug-likeness (QED) is 0.782. The van der Waals surface area contributed by atoms with E-state index in [9.17, 15) is 4.79 Å². The highest BCUT2D eigenvalue weighted by Crippen LogP contribution is 2.37. The fourth-order valence-electron chi connectivity index (χ4n) is 3.47. The molecule has 1 aromatic carbocycles. The van der Waals surface area contributed by atoms with Gasteiger partial charge in [-0.05, 0) is 47.6 Å². The molecule has 0 aliphatic carbocycles. The summed E-state index contributed by atoms with van der Waals surface area (Å²) in [6.45, 7) is 0.945. The van der Waals surface area contributed by atoms with Crippen LogP contribution in [0.1, 0.15) is 16.9 Å². The highest BCUT2D eigenvalue weighted by Gasteiger charge is 2.45. The number of rotatable bonds is 4. The molecule has 1 saturated heterocycles. The van der Waals surface area contributed by atoms with Crippen LogP contribution in [0.4, 0.5) is 0 Å². The van der Waals surface area contributed by atoms with Crippen LogP contribution >= 0.6 is 12.2 Å². The minimum absolute atomic E-state index is 0.0156. The molecule has 0 saturated carbocycles. The first kappa shape index (κ1) is 16.0. The fourth-order valence-corrected chi connectivity index (χ4v) is 3.81. The van der Waals surface area contributed by atoms with Gasteiger partial charge in [-0.25, -0.2) is 0 Å². The number of amides is 1. The van der Waals surface area contributed by atoms with Crippen molar-refractivity contribution in [3.63, 3.8) is 0 Å². The van der Waals surface area contributed by atoms with E-state index in [2.05, 4.69) is 0 Å². The molecule has 3 heterocycles. The first-order valence-electron chi connectivity index (χ1n) is 8.00. The molecule has 1 fully saturated rings. The van der Waals surface area contributed by atoms with E-state index in [1.165, 1.54) is 0 Å². The molecule has 4 rings (SSSR count). The van der Waals surface area contributed by atoms with Gasteiger partial charge in [0.1, 0.15) is 11.8 Å². The lowest BCUT2D eigenvalue weighted by atomic mass is 9.94. The van der Waals surface area contributed by atoms with Gasteiger partial charge < -0.3 is 18.8 Å². The highest BCUT2D eigenvalue weighted by molar-refractivity contribution is 7.80. The smallest absolute Gasteiger partial charge is 0.252 e. The van der Waals surface area contributed by atoms with Crippen molar-refractivity contribution in [1.82, 2.24) is 9.80 Å². The maximum absolute atomic E-state index is 12.9. The molecule has 6 nitrogen and oxygen atoms in total. The van der Waals surface area contributed by atoms with Gasteiger partial charge in [-0.2, -0.15) is 0 Å². The van der Waals surface area contributed by atoms with Crippen LogP contribution in [0.25, 0.3) is 0 Å². The number of fused-ring (bicyclic) bond motifs is 2. The zero-order valence-electron chi connectivity index (χ0n) is 14.0. The number of thiocarbonyl (C=S) groups is 1. The number of carbonyl (C=O) groups is 1. The van der Waals surface area contributed by atoms with E-state index < -0.39 is 0 Å². The van der Waals surface area contributed by atoms with Gasteiger partial charge in [-0.15, -0.1) is 0 Å². The second kappa shape index (κ2) is 6.07. The van der Waals surface area contributed by atoms with E-state index in [0.29, 0.717) is 36.1 Å². The molecule has 1 amide bonds. The Morgan fingerprint density at radius 2 is 1.96 bits per heavy atom. The Balaban J connectivity index is 1.64. The molecule has 1 aromatic heterocycles. The molecule has 0 bridgehead atoms. The number of nitrogens with zero attached hydrogens (tertiary/aromatic N) is 2. The second-order valence-corrected chi connectivity index (χ2v) is 6.48. The van der Waals surface area contributed by atoms with Crippen LogP contribution in [-0.4, -0.2) is 41.1 Å². The maximum atomic E-state index is 12.9. The van der Waals surface area contributed by atoms with Gasteiger partial charge >= 0.3 is 0 Å². The zero-order chi connectivity index (χ0) is 17.6. The summed E-state index contributed by atoms with van der Waals surface area (Å²) in [4.78, 5) is 16.5. The number of hydrogen-bond donors (Lipinski definition) is 0. The molecule has 25 heavy (non-hydrogen) atoms. The van der Waals surface area contributed by atoms with E-state index >= 15 is 0 Å². The first-order chi connectivity index (χ1) is 12.1. The summed E-state index contributed by atoms with van der Waals surface area (Å²) >= 11 is 5.56. The van der Waals surface area contributed by atoms with Crippen molar-refractivity contribution in [1.29, 1.82) is 0 Å². The third-order valence-corrected chi connectivity index (χ3v) is 5.21. The molecule has 2 aliphatic heterocycles. The van der Waals surface area contributed by atoms with Crippen molar-refractivity contribution in [3.05, 3.63) is 47.4 Å². The third-order valence-electron chi connectivity index (χ3n) is 4.76. The number of furan rings is 1. The predicted octanol–water partition coefficient (Wildman–Crippen LogP) is 2.35. The molecule has 130 valence electrons. The van der Waals surface area contributed by atoms with Crippen LogP contribution in [0.5, 0.6) is 11.5 Å². The Hall–Kier alpha value is -2.54. The molecule has 7 heteroatoms. The maximum Gasteiger partial charge on any atom is 0.252 e.